The topological polar surface area (TPSA) is 38.0 Å². The molecule has 0 aromatic heterocycles. The second-order valence-electron chi connectivity index (χ2n) is 5.41. The predicted octanol–water partition coefficient (Wildman–Crippen LogP) is 5.74. The van der Waals surface area contributed by atoms with Crippen molar-refractivity contribution in [2.24, 2.45) is 5.73 Å². The second-order valence-corrected chi connectivity index (χ2v) is 5.41. The number of nitrogens with one attached hydrogen (secondary N) is 1. The van der Waals surface area contributed by atoms with Gasteiger partial charge in [0, 0.05) is 11.4 Å². The Morgan fingerprint density at radius 2 is 1.14 bits per heavy atom. The zero-order valence-electron chi connectivity index (χ0n) is 13.8. The molecule has 22 heavy (non-hydrogen) atoms. The number of para-hydroxylation sites is 2. The Morgan fingerprint density at radius 1 is 0.682 bits per heavy atom. The number of hydrogen-bond acceptors (Lipinski definition) is 2. The van der Waals surface area contributed by atoms with Gasteiger partial charge in [0.05, 0.1) is 0 Å². The fourth-order valence-corrected chi connectivity index (χ4v) is 2.13. The van der Waals surface area contributed by atoms with Crippen molar-refractivity contribution >= 4 is 11.4 Å². The van der Waals surface area contributed by atoms with Crippen molar-refractivity contribution in [3.8, 4) is 0 Å². The zero-order valence-corrected chi connectivity index (χ0v) is 13.8. The Balaban J connectivity index is 0.000000239. The van der Waals surface area contributed by atoms with Gasteiger partial charge in [-0.3, -0.25) is 0 Å². The maximum atomic E-state index is 5.34. The molecule has 0 bridgehead atoms. The summed E-state index contributed by atoms with van der Waals surface area (Å²) in [6.45, 7) is 3.11. The third kappa shape index (κ3) is 9.19. The van der Waals surface area contributed by atoms with Crippen LogP contribution < -0.4 is 11.1 Å². The number of rotatable bonds is 8. The molecule has 2 aromatic carbocycles. The van der Waals surface area contributed by atoms with Crippen LogP contribution >= 0.6 is 0 Å². The van der Waals surface area contributed by atoms with Crippen molar-refractivity contribution < 1.29 is 0 Å². The molecule has 0 saturated carbocycles. The molecule has 0 spiro atoms. The first-order chi connectivity index (χ1) is 10.9. The smallest absolute Gasteiger partial charge is 0.0384 e. The number of benzene rings is 2. The molecular weight excluding hydrogens is 268 g/mol. The summed E-state index contributed by atoms with van der Waals surface area (Å²) >= 11 is 0. The van der Waals surface area contributed by atoms with Crippen molar-refractivity contribution in [1.82, 2.24) is 0 Å². The summed E-state index contributed by atoms with van der Waals surface area (Å²) in [4.78, 5) is 0. The van der Waals surface area contributed by atoms with E-state index in [-0.39, 0.29) is 0 Å². The highest BCUT2D eigenvalue weighted by atomic mass is 14.9. The van der Waals surface area contributed by atoms with E-state index < -0.39 is 0 Å². The van der Waals surface area contributed by atoms with Gasteiger partial charge in [0.15, 0.2) is 0 Å². The van der Waals surface area contributed by atoms with Crippen molar-refractivity contribution in [3.63, 3.8) is 0 Å². The number of anilines is 2. The molecule has 0 aliphatic carbocycles. The molecule has 0 aliphatic heterocycles. The fourth-order valence-electron chi connectivity index (χ4n) is 2.13. The first-order valence-electron chi connectivity index (χ1n) is 8.44. The monoisotopic (exact) mass is 298 g/mol. The van der Waals surface area contributed by atoms with Crippen LogP contribution in [-0.2, 0) is 0 Å². The van der Waals surface area contributed by atoms with E-state index in [1.807, 2.05) is 60.7 Å². The number of hydrogen-bond donors (Lipinski definition) is 2. The molecule has 0 radical (unpaired) electrons. The first kappa shape index (κ1) is 18.2. The summed E-state index contributed by atoms with van der Waals surface area (Å²) < 4.78 is 0. The summed E-state index contributed by atoms with van der Waals surface area (Å²) in [5, 5.41) is 3.30. The van der Waals surface area contributed by atoms with Crippen LogP contribution in [0.4, 0.5) is 11.4 Å². The van der Waals surface area contributed by atoms with Crippen LogP contribution in [0.1, 0.15) is 45.4 Å². The minimum atomic E-state index is 0.867. The SMILES string of the molecule is CCCCCCCCN.c1ccc(Nc2ccccc2)cc1. The van der Waals surface area contributed by atoms with Gasteiger partial charge in [-0.2, -0.15) is 0 Å². The normalized spacial score (nSPS) is 9.73. The van der Waals surface area contributed by atoms with E-state index >= 15 is 0 Å². The molecule has 0 unspecified atom stereocenters. The summed E-state index contributed by atoms with van der Waals surface area (Å²) in [7, 11) is 0. The van der Waals surface area contributed by atoms with Gasteiger partial charge in [0.1, 0.15) is 0 Å². The van der Waals surface area contributed by atoms with Crippen LogP contribution in [0.2, 0.25) is 0 Å². The molecule has 0 amide bonds. The molecule has 2 nitrogen and oxygen atoms in total. The Morgan fingerprint density at radius 3 is 1.59 bits per heavy atom. The average Bonchev–Trinajstić information content (AvgIpc) is 2.57. The van der Waals surface area contributed by atoms with E-state index in [1.54, 1.807) is 0 Å². The summed E-state index contributed by atoms with van der Waals surface area (Å²) in [6.07, 6.45) is 8.05. The Hall–Kier alpha value is -1.80. The molecule has 0 aliphatic rings. The minimum absolute atomic E-state index is 0.867. The lowest BCUT2D eigenvalue weighted by molar-refractivity contribution is 0.612. The van der Waals surface area contributed by atoms with Gasteiger partial charge in [0.25, 0.3) is 0 Å². The van der Waals surface area contributed by atoms with Gasteiger partial charge >= 0.3 is 0 Å². The molecule has 2 rings (SSSR count). The lowest BCUT2D eigenvalue weighted by Gasteiger charge is -2.04. The Kier molecular flexibility index (Phi) is 10.7. The molecular formula is C20H30N2. The van der Waals surface area contributed by atoms with Crippen LogP contribution in [0, 0.1) is 0 Å². The number of unbranched alkanes of at least 4 members (excludes halogenated alkanes) is 5. The van der Waals surface area contributed by atoms with E-state index in [9.17, 15) is 0 Å². The van der Waals surface area contributed by atoms with Gasteiger partial charge in [-0.25, -0.2) is 0 Å². The van der Waals surface area contributed by atoms with Gasteiger partial charge in [0.2, 0.25) is 0 Å². The molecule has 120 valence electrons. The summed E-state index contributed by atoms with van der Waals surface area (Å²) in [6, 6.07) is 20.3. The summed E-state index contributed by atoms with van der Waals surface area (Å²) in [5.41, 5.74) is 7.58. The van der Waals surface area contributed by atoms with Gasteiger partial charge in [-0.1, -0.05) is 75.4 Å². The highest BCUT2D eigenvalue weighted by molar-refractivity contribution is 5.58. The van der Waals surface area contributed by atoms with Gasteiger partial charge < -0.3 is 11.1 Å². The largest absolute Gasteiger partial charge is 0.356 e. The van der Waals surface area contributed by atoms with Crippen LogP contribution in [-0.4, -0.2) is 6.54 Å². The van der Waals surface area contributed by atoms with Crippen LogP contribution in [0.15, 0.2) is 60.7 Å². The molecule has 2 heteroatoms. The Labute approximate surface area is 135 Å². The molecule has 3 N–H and O–H groups in total. The van der Waals surface area contributed by atoms with Crippen molar-refractivity contribution in [2.45, 2.75) is 45.4 Å². The zero-order chi connectivity index (χ0) is 15.9. The highest BCUT2D eigenvalue weighted by Gasteiger charge is 1.90. The fraction of sp³-hybridized carbons (Fsp3) is 0.400. The van der Waals surface area contributed by atoms with Gasteiger partial charge in [-0.05, 0) is 37.2 Å². The van der Waals surface area contributed by atoms with Crippen molar-refractivity contribution in [1.29, 1.82) is 0 Å². The standard InChI is InChI=1S/C12H11N.C8H19N/c1-3-7-11(8-4-1)13-12-9-5-2-6-10-12;1-2-3-4-5-6-7-8-9/h1-10,13H;2-9H2,1H3. The quantitative estimate of drug-likeness (QED) is 0.610. The summed E-state index contributed by atoms with van der Waals surface area (Å²) in [5.74, 6) is 0. The van der Waals surface area contributed by atoms with E-state index in [2.05, 4.69) is 12.2 Å². The van der Waals surface area contributed by atoms with E-state index in [4.69, 9.17) is 5.73 Å². The highest BCUT2D eigenvalue weighted by Crippen LogP contribution is 2.14. The maximum absolute atomic E-state index is 5.34. The molecule has 0 saturated heterocycles. The maximum Gasteiger partial charge on any atom is 0.0384 e. The van der Waals surface area contributed by atoms with Gasteiger partial charge in [-0.15, -0.1) is 0 Å². The van der Waals surface area contributed by atoms with E-state index in [0.29, 0.717) is 0 Å². The van der Waals surface area contributed by atoms with E-state index in [0.717, 1.165) is 17.9 Å². The first-order valence-corrected chi connectivity index (χ1v) is 8.44. The van der Waals surface area contributed by atoms with Crippen LogP contribution in [0.3, 0.4) is 0 Å². The second kappa shape index (κ2) is 12.9. The lowest BCUT2D eigenvalue weighted by Crippen LogP contribution is -1.97. The van der Waals surface area contributed by atoms with Crippen LogP contribution in [0.25, 0.3) is 0 Å². The predicted molar refractivity (Wildman–Crippen MR) is 98.6 cm³/mol. The lowest BCUT2D eigenvalue weighted by atomic mass is 10.1. The van der Waals surface area contributed by atoms with Crippen molar-refractivity contribution in [3.05, 3.63) is 60.7 Å². The Bertz CT molecular complexity index is 410. The molecule has 0 fully saturated rings. The molecule has 2 aromatic rings. The third-order valence-electron chi connectivity index (χ3n) is 3.39. The van der Waals surface area contributed by atoms with Crippen LogP contribution in [0.5, 0.6) is 0 Å². The minimum Gasteiger partial charge on any atom is -0.356 e. The number of nitrogens with two attached hydrogens (primary N) is 1. The third-order valence-corrected chi connectivity index (χ3v) is 3.39. The van der Waals surface area contributed by atoms with Crippen molar-refractivity contribution in [2.75, 3.05) is 11.9 Å². The average molecular weight is 298 g/mol. The van der Waals surface area contributed by atoms with E-state index in [1.165, 1.54) is 38.5 Å². The molecule has 0 heterocycles. The molecule has 0 atom stereocenters.